The zero-order chi connectivity index (χ0) is 26.2. The lowest BCUT2D eigenvalue weighted by Crippen LogP contribution is -2.39. The van der Waals surface area contributed by atoms with Gasteiger partial charge in [0.15, 0.2) is 0 Å². The second-order valence-electron chi connectivity index (χ2n) is 9.33. The summed E-state index contributed by atoms with van der Waals surface area (Å²) in [4.78, 5) is 16.5. The number of methoxy groups -OCH3 is 3. The molecule has 2 aliphatic heterocycles. The molecule has 0 bridgehead atoms. The van der Waals surface area contributed by atoms with E-state index in [1.807, 2.05) is 12.1 Å². The van der Waals surface area contributed by atoms with Crippen molar-refractivity contribution in [1.29, 1.82) is 0 Å². The zero-order valence-corrected chi connectivity index (χ0v) is 22.1. The topological polar surface area (TPSA) is 63.8 Å². The molecule has 4 aromatic rings. The number of nitrogens with zero attached hydrogens (tertiary/aromatic N) is 1. The fourth-order valence-corrected chi connectivity index (χ4v) is 5.16. The summed E-state index contributed by atoms with van der Waals surface area (Å²) in [5.74, 6) is 0.968. The number of aldehydes is 1. The van der Waals surface area contributed by atoms with Crippen LogP contribution in [0.1, 0.15) is 44.3 Å². The van der Waals surface area contributed by atoms with Gasteiger partial charge in [-0.2, -0.15) is 0 Å². The Kier molecular flexibility index (Phi) is 9.12. The molecule has 194 valence electrons. The van der Waals surface area contributed by atoms with Crippen molar-refractivity contribution in [3.63, 3.8) is 0 Å². The SMILES string of the molecule is COC.COCc1ccc(C=O)cc1.COc1ccc2c(c1)C1Cc3c([nH]c4ccccc34)CN1CC2. The average molecular weight is 501 g/mol. The minimum atomic E-state index is 0.473. The third-order valence-electron chi connectivity index (χ3n) is 6.91. The van der Waals surface area contributed by atoms with Gasteiger partial charge < -0.3 is 19.2 Å². The molecule has 37 heavy (non-hydrogen) atoms. The van der Waals surface area contributed by atoms with E-state index in [0.29, 0.717) is 18.2 Å². The maximum absolute atomic E-state index is 10.2. The molecule has 0 radical (unpaired) electrons. The van der Waals surface area contributed by atoms with Gasteiger partial charge in [-0.15, -0.1) is 0 Å². The quantitative estimate of drug-likeness (QED) is 0.362. The molecule has 0 saturated heterocycles. The van der Waals surface area contributed by atoms with Crippen molar-refractivity contribution in [3.05, 3.63) is 100 Å². The number of benzene rings is 3. The fourth-order valence-electron chi connectivity index (χ4n) is 5.16. The van der Waals surface area contributed by atoms with E-state index in [-0.39, 0.29) is 0 Å². The Bertz CT molecular complexity index is 1310. The molecule has 0 spiro atoms. The van der Waals surface area contributed by atoms with Crippen molar-refractivity contribution in [3.8, 4) is 5.75 Å². The molecule has 0 amide bonds. The first kappa shape index (κ1) is 26.6. The second kappa shape index (κ2) is 12.7. The van der Waals surface area contributed by atoms with Crippen molar-refractivity contribution in [2.75, 3.05) is 35.0 Å². The van der Waals surface area contributed by atoms with E-state index in [4.69, 9.17) is 9.47 Å². The van der Waals surface area contributed by atoms with E-state index in [9.17, 15) is 4.79 Å². The summed E-state index contributed by atoms with van der Waals surface area (Å²) < 4.78 is 14.6. The summed E-state index contributed by atoms with van der Waals surface area (Å²) in [7, 11) is 6.65. The van der Waals surface area contributed by atoms with Crippen LogP contribution in [0.3, 0.4) is 0 Å². The Labute approximate surface area is 219 Å². The largest absolute Gasteiger partial charge is 0.497 e. The van der Waals surface area contributed by atoms with Gasteiger partial charge in [0.05, 0.1) is 13.7 Å². The summed E-state index contributed by atoms with van der Waals surface area (Å²) >= 11 is 0. The number of fused-ring (bicyclic) bond motifs is 6. The van der Waals surface area contributed by atoms with Crippen molar-refractivity contribution in [2.24, 2.45) is 0 Å². The smallest absolute Gasteiger partial charge is 0.150 e. The Balaban J connectivity index is 0.000000193. The molecular formula is C31H36N2O4. The lowest BCUT2D eigenvalue weighted by Gasteiger charge is -2.40. The Morgan fingerprint density at radius 2 is 1.76 bits per heavy atom. The summed E-state index contributed by atoms with van der Waals surface area (Å²) in [6, 6.07) is 23.1. The third-order valence-corrected chi connectivity index (χ3v) is 6.91. The monoisotopic (exact) mass is 500 g/mol. The molecule has 6 heteroatoms. The molecule has 0 saturated carbocycles. The number of para-hydroxylation sites is 1. The first-order chi connectivity index (χ1) is 18.1. The van der Waals surface area contributed by atoms with Crippen LogP contribution < -0.4 is 4.74 Å². The van der Waals surface area contributed by atoms with Crippen LogP contribution in [-0.4, -0.2) is 51.2 Å². The maximum atomic E-state index is 10.2. The van der Waals surface area contributed by atoms with Gasteiger partial charge in [-0.05, 0) is 53.3 Å². The highest BCUT2D eigenvalue weighted by molar-refractivity contribution is 5.85. The summed E-state index contributed by atoms with van der Waals surface area (Å²) in [6.45, 7) is 2.75. The average Bonchev–Trinajstić information content (AvgIpc) is 3.30. The molecule has 1 N–H and O–H groups in total. The van der Waals surface area contributed by atoms with Gasteiger partial charge in [-0.3, -0.25) is 9.69 Å². The predicted octanol–water partition coefficient (Wildman–Crippen LogP) is 5.74. The number of carbonyl (C=O) groups is 1. The Morgan fingerprint density at radius 3 is 2.46 bits per heavy atom. The Hall–Kier alpha value is -3.45. The number of ether oxygens (including phenoxy) is 3. The van der Waals surface area contributed by atoms with Gasteiger partial charge >= 0.3 is 0 Å². The molecule has 3 heterocycles. The van der Waals surface area contributed by atoms with Gasteiger partial charge in [0.1, 0.15) is 12.0 Å². The van der Waals surface area contributed by atoms with Crippen molar-refractivity contribution < 1.29 is 19.0 Å². The molecule has 1 unspecified atom stereocenters. The van der Waals surface area contributed by atoms with E-state index in [0.717, 1.165) is 43.5 Å². The molecule has 1 aromatic heterocycles. The van der Waals surface area contributed by atoms with Gasteiger partial charge in [0, 0.05) is 62.6 Å². The number of hydrogen-bond donors (Lipinski definition) is 1. The fraction of sp³-hybridized carbons (Fsp3) is 0.323. The van der Waals surface area contributed by atoms with Crippen molar-refractivity contribution in [1.82, 2.24) is 9.88 Å². The van der Waals surface area contributed by atoms with Gasteiger partial charge in [0.25, 0.3) is 0 Å². The highest BCUT2D eigenvalue weighted by atomic mass is 16.5. The van der Waals surface area contributed by atoms with Gasteiger partial charge in [-0.25, -0.2) is 0 Å². The molecule has 6 rings (SSSR count). The first-order valence-electron chi connectivity index (χ1n) is 12.5. The minimum Gasteiger partial charge on any atom is -0.497 e. The number of aromatic nitrogens is 1. The number of hydrogen-bond acceptors (Lipinski definition) is 5. The van der Waals surface area contributed by atoms with Crippen LogP contribution in [0.2, 0.25) is 0 Å². The first-order valence-corrected chi connectivity index (χ1v) is 12.5. The van der Waals surface area contributed by atoms with Crippen LogP contribution in [0.5, 0.6) is 5.75 Å². The normalized spacial score (nSPS) is 15.7. The van der Waals surface area contributed by atoms with Crippen molar-refractivity contribution >= 4 is 17.2 Å². The highest BCUT2D eigenvalue weighted by Gasteiger charge is 2.33. The molecule has 0 aliphatic carbocycles. The number of rotatable bonds is 4. The molecule has 6 nitrogen and oxygen atoms in total. The van der Waals surface area contributed by atoms with E-state index in [1.165, 1.54) is 33.3 Å². The van der Waals surface area contributed by atoms with E-state index < -0.39 is 0 Å². The number of carbonyl (C=O) groups excluding carboxylic acids is 1. The standard InChI is InChI=1S/C20H20N2O.C9H10O2.C2H6O/c1-23-14-7-6-13-8-9-22-12-19-17(11-20(22)16(13)10-14)15-4-2-3-5-18(15)21-19;1-11-7-9-4-2-8(6-10)3-5-9;1-3-2/h2-7,10,20-21H,8-9,11-12H2,1H3;2-6H,7H2,1H3;1-2H3. The van der Waals surface area contributed by atoms with Crippen LogP contribution in [0.4, 0.5) is 0 Å². The molecule has 0 fully saturated rings. The Morgan fingerprint density at radius 1 is 1.00 bits per heavy atom. The van der Waals surface area contributed by atoms with E-state index in [2.05, 4.69) is 57.1 Å². The molecular weight excluding hydrogens is 464 g/mol. The maximum Gasteiger partial charge on any atom is 0.150 e. The van der Waals surface area contributed by atoms with Crippen molar-refractivity contribution in [2.45, 2.75) is 32.0 Å². The molecule has 3 aromatic carbocycles. The van der Waals surface area contributed by atoms with Crippen LogP contribution in [0, 0.1) is 0 Å². The summed E-state index contributed by atoms with van der Waals surface area (Å²) in [5, 5.41) is 1.39. The van der Waals surface area contributed by atoms with Crippen LogP contribution >= 0.6 is 0 Å². The predicted molar refractivity (Wildman–Crippen MR) is 147 cm³/mol. The van der Waals surface area contributed by atoms with Crippen LogP contribution in [0.25, 0.3) is 10.9 Å². The van der Waals surface area contributed by atoms with Gasteiger partial charge in [0.2, 0.25) is 0 Å². The number of aromatic amines is 1. The van der Waals surface area contributed by atoms with Crippen LogP contribution in [0.15, 0.2) is 66.7 Å². The third kappa shape index (κ3) is 6.10. The summed E-state index contributed by atoms with van der Waals surface area (Å²) in [5.41, 5.74) is 8.87. The molecule has 1 atom stereocenters. The number of nitrogens with one attached hydrogen (secondary N) is 1. The second-order valence-corrected chi connectivity index (χ2v) is 9.33. The lowest BCUT2D eigenvalue weighted by atomic mass is 9.85. The lowest BCUT2D eigenvalue weighted by molar-refractivity contribution is 0.112. The molecule has 2 aliphatic rings. The van der Waals surface area contributed by atoms with Gasteiger partial charge in [-0.1, -0.05) is 48.5 Å². The highest BCUT2D eigenvalue weighted by Crippen LogP contribution is 2.41. The summed E-state index contributed by atoms with van der Waals surface area (Å²) in [6.07, 6.45) is 3.04. The van der Waals surface area contributed by atoms with E-state index in [1.54, 1.807) is 40.6 Å². The minimum absolute atomic E-state index is 0.473. The number of H-pyrrole nitrogens is 1. The zero-order valence-electron chi connectivity index (χ0n) is 22.1. The van der Waals surface area contributed by atoms with E-state index >= 15 is 0 Å². The van der Waals surface area contributed by atoms with Crippen LogP contribution in [-0.2, 0) is 35.5 Å².